The van der Waals surface area contributed by atoms with Crippen molar-refractivity contribution in [1.29, 1.82) is 0 Å². The molecule has 0 amide bonds. The van der Waals surface area contributed by atoms with E-state index >= 15 is 0 Å². The van der Waals surface area contributed by atoms with Crippen LogP contribution in [0.2, 0.25) is 0 Å². The largest absolute Gasteiger partial charge is 0.392 e. The lowest BCUT2D eigenvalue weighted by atomic mass is 10.0. The quantitative estimate of drug-likeness (QED) is 0.634. The first-order valence-corrected chi connectivity index (χ1v) is 5.14. The third-order valence-corrected chi connectivity index (χ3v) is 3.33. The predicted octanol–water partition coefficient (Wildman–Crippen LogP) is 1.63. The highest BCUT2D eigenvalue weighted by atomic mass is 16.3. The van der Waals surface area contributed by atoms with Gasteiger partial charge >= 0.3 is 0 Å². The van der Waals surface area contributed by atoms with Gasteiger partial charge in [0.1, 0.15) is 0 Å². The van der Waals surface area contributed by atoms with Gasteiger partial charge in [-0.3, -0.25) is 0 Å². The van der Waals surface area contributed by atoms with Crippen LogP contribution in [-0.4, -0.2) is 11.2 Å². The number of fused-ring (bicyclic) bond motifs is 2. The van der Waals surface area contributed by atoms with Gasteiger partial charge in [0, 0.05) is 0 Å². The smallest absolute Gasteiger partial charge is 0.0621 e. The van der Waals surface area contributed by atoms with Gasteiger partial charge in [-0.25, -0.2) is 0 Å². The highest BCUT2D eigenvalue weighted by Crippen LogP contribution is 2.30. The Balaban J connectivity index is 2.10. The summed E-state index contributed by atoms with van der Waals surface area (Å²) in [6.07, 6.45) is 5.46. The second kappa shape index (κ2) is 2.58. The first-order chi connectivity index (χ1) is 6.33. The molecule has 0 radical (unpaired) electrons. The number of hydrogen-bond donors (Lipinski definition) is 1. The molecule has 1 heteroatoms. The lowest BCUT2D eigenvalue weighted by molar-refractivity contribution is 0.187. The van der Waals surface area contributed by atoms with Crippen LogP contribution < -0.4 is 0 Å². The molecule has 0 heterocycles. The van der Waals surface area contributed by atoms with Gasteiger partial charge in [-0.15, -0.1) is 0 Å². The van der Waals surface area contributed by atoms with Crippen LogP contribution >= 0.6 is 0 Å². The Morgan fingerprint density at radius 2 is 1.46 bits per heavy atom. The van der Waals surface area contributed by atoms with Crippen LogP contribution in [0.15, 0.2) is 12.1 Å². The molecular formula is C12H14O. The summed E-state index contributed by atoms with van der Waals surface area (Å²) in [5.41, 5.74) is 5.86. The molecule has 0 atom stereocenters. The van der Waals surface area contributed by atoms with Crippen LogP contribution in [0.25, 0.3) is 0 Å². The lowest BCUT2D eigenvalue weighted by Gasteiger charge is -2.03. The molecule has 13 heavy (non-hydrogen) atoms. The third kappa shape index (κ3) is 1.11. The molecule has 0 unspecified atom stereocenters. The average Bonchev–Trinajstić information content (AvgIpc) is 2.63. The molecule has 0 aliphatic heterocycles. The molecule has 3 rings (SSSR count). The zero-order valence-electron chi connectivity index (χ0n) is 7.71. The van der Waals surface area contributed by atoms with E-state index in [-0.39, 0.29) is 6.10 Å². The molecular weight excluding hydrogens is 160 g/mol. The summed E-state index contributed by atoms with van der Waals surface area (Å²) < 4.78 is 0. The molecule has 68 valence electrons. The summed E-state index contributed by atoms with van der Waals surface area (Å²) >= 11 is 0. The Kier molecular flexibility index (Phi) is 1.50. The highest BCUT2D eigenvalue weighted by Gasteiger charge is 2.22. The summed E-state index contributed by atoms with van der Waals surface area (Å²) in [7, 11) is 0. The number of aryl methyl sites for hydroxylation is 2. The lowest BCUT2D eigenvalue weighted by Crippen LogP contribution is -2.03. The van der Waals surface area contributed by atoms with Crippen molar-refractivity contribution < 1.29 is 5.11 Å². The second-order valence-corrected chi connectivity index (χ2v) is 4.31. The van der Waals surface area contributed by atoms with Gasteiger partial charge < -0.3 is 5.11 Å². The van der Waals surface area contributed by atoms with Crippen molar-refractivity contribution in [3.63, 3.8) is 0 Å². The molecule has 0 aromatic heterocycles. The van der Waals surface area contributed by atoms with Crippen molar-refractivity contribution in [3.05, 3.63) is 34.4 Å². The average molecular weight is 174 g/mol. The topological polar surface area (TPSA) is 20.2 Å². The summed E-state index contributed by atoms with van der Waals surface area (Å²) in [6.45, 7) is 0. The Morgan fingerprint density at radius 3 is 2.00 bits per heavy atom. The van der Waals surface area contributed by atoms with E-state index in [4.69, 9.17) is 0 Å². The fourth-order valence-electron chi connectivity index (χ4n) is 2.69. The SMILES string of the molecule is OC1Cc2cc3c(cc2C1)CCC3. The van der Waals surface area contributed by atoms with Gasteiger partial charge in [0.25, 0.3) is 0 Å². The minimum absolute atomic E-state index is 0.113. The van der Waals surface area contributed by atoms with Gasteiger partial charge in [0.2, 0.25) is 0 Å². The van der Waals surface area contributed by atoms with E-state index in [1.807, 2.05) is 0 Å². The van der Waals surface area contributed by atoms with Crippen LogP contribution in [0, 0.1) is 0 Å². The van der Waals surface area contributed by atoms with E-state index in [9.17, 15) is 5.11 Å². The van der Waals surface area contributed by atoms with Crippen LogP contribution in [0.4, 0.5) is 0 Å². The molecule has 2 aliphatic rings. The normalized spacial score (nSPS) is 20.4. The molecule has 0 saturated carbocycles. The number of rotatable bonds is 0. The summed E-state index contributed by atoms with van der Waals surface area (Å²) in [4.78, 5) is 0. The number of aliphatic hydroxyl groups is 1. The minimum Gasteiger partial charge on any atom is -0.392 e. The molecule has 0 fully saturated rings. The molecule has 1 N–H and O–H groups in total. The zero-order valence-corrected chi connectivity index (χ0v) is 7.71. The molecule has 0 bridgehead atoms. The number of benzene rings is 1. The second-order valence-electron chi connectivity index (χ2n) is 4.31. The summed E-state index contributed by atoms with van der Waals surface area (Å²) in [5, 5.41) is 9.52. The van der Waals surface area contributed by atoms with Gasteiger partial charge in [-0.2, -0.15) is 0 Å². The maximum absolute atomic E-state index is 9.52. The maximum atomic E-state index is 9.52. The Morgan fingerprint density at radius 1 is 0.923 bits per heavy atom. The van der Waals surface area contributed by atoms with Crippen molar-refractivity contribution >= 4 is 0 Å². The predicted molar refractivity (Wildman–Crippen MR) is 51.9 cm³/mol. The Hall–Kier alpha value is -0.820. The van der Waals surface area contributed by atoms with E-state index in [2.05, 4.69) is 12.1 Å². The van der Waals surface area contributed by atoms with Crippen molar-refractivity contribution in [3.8, 4) is 0 Å². The fraction of sp³-hybridized carbons (Fsp3) is 0.500. The van der Waals surface area contributed by atoms with Gasteiger partial charge in [0.05, 0.1) is 6.10 Å². The van der Waals surface area contributed by atoms with Gasteiger partial charge in [-0.05, 0) is 54.4 Å². The van der Waals surface area contributed by atoms with Crippen molar-refractivity contribution in [1.82, 2.24) is 0 Å². The van der Waals surface area contributed by atoms with Crippen LogP contribution in [0.1, 0.15) is 28.7 Å². The van der Waals surface area contributed by atoms with E-state index in [1.54, 1.807) is 0 Å². The first-order valence-electron chi connectivity index (χ1n) is 5.14. The zero-order chi connectivity index (χ0) is 8.84. The highest BCUT2D eigenvalue weighted by molar-refractivity contribution is 5.43. The first kappa shape index (κ1) is 7.57. The maximum Gasteiger partial charge on any atom is 0.0621 e. The van der Waals surface area contributed by atoms with E-state index in [1.165, 1.54) is 41.5 Å². The molecule has 0 saturated heterocycles. The van der Waals surface area contributed by atoms with Gasteiger partial charge in [0.15, 0.2) is 0 Å². The third-order valence-electron chi connectivity index (χ3n) is 3.33. The molecule has 0 spiro atoms. The Labute approximate surface area is 78.4 Å². The molecule has 1 aromatic carbocycles. The van der Waals surface area contributed by atoms with Crippen molar-refractivity contribution in [2.45, 2.75) is 38.2 Å². The summed E-state index contributed by atoms with van der Waals surface area (Å²) in [6, 6.07) is 4.65. The molecule has 2 aliphatic carbocycles. The minimum atomic E-state index is -0.113. The van der Waals surface area contributed by atoms with E-state index in [0.717, 1.165) is 12.8 Å². The van der Waals surface area contributed by atoms with Crippen LogP contribution in [0.3, 0.4) is 0 Å². The summed E-state index contributed by atoms with van der Waals surface area (Å²) in [5.74, 6) is 0. The standard InChI is InChI=1S/C12H14O/c13-12-6-10-4-8-2-1-3-9(8)5-11(10)7-12/h4-5,12-13H,1-3,6-7H2. The van der Waals surface area contributed by atoms with Crippen LogP contribution in [-0.2, 0) is 25.7 Å². The monoisotopic (exact) mass is 174 g/mol. The van der Waals surface area contributed by atoms with Crippen molar-refractivity contribution in [2.24, 2.45) is 0 Å². The van der Waals surface area contributed by atoms with Gasteiger partial charge in [-0.1, -0.05) is 12.1 Å². The van der Waals surface area contributed by atoms with Crippen molar-refractivity contribution in [2.75, 3.05) is 0 Å². The Bertz CT molecular complexity index is 321. The van der Waals surface area contributed by atoms with E-state index < -0.39 is 0 Å². The molecule has 1 aromatic rings. The number of aliphatic hydroxyl groups excluding tert-OH is 1. The fourth-order valence-corrected chi connectivity index (χ4v) is 2.69. The van der Waals surface area contributed by atoms with E-state index in [0.29, 0.717) is 0 Å². The van der Waals surface area contributed by atoms with Crippen LogP contribution in [0.5, 0.6) is 0 Å². The number of hydrogen-bond acceptors (Lipinski definition) is 1. The molecule has 1 nitrogen and oxygen atoms in total.